The average molecular weight is 461 g/mol. The fraction of sp³-hybridized carbons (Fsp3) is 0.0833. The summed E-state index contributed by atoms with van der Waals surface area (Å²) >= 11 is 6.14. The fourth-order valence-electron chi connectivity index (χ4n) is 3.54. The molecule has 5 rings (SSSR count). The molecule has 8 nitrogen and oxygen atoms in total. The maximum atomic E-state index is 13.2. The summed E-state index contributed by atoms with van der Waals surface area (Å²) in [7, 11) is 3.13. The van der Waals surface area contributed by atoms with Crippen molar-refractivity contribution in [3.05, 3.63) is 82.1 Å². The highest BCUT2D eigenvalue weighted by atomic mass is 35.5. The highest BCUT2D eigenvalue weighted by Crippen LogP contribution is 2.33. The summed E-state index contributed by atoms with van der Waals surface area (Å²) in [5.74, 6) is 1.65. The molecule has 164 valence electrons. The number of rotatable bonds is 5. The summed E-state index contributed by atoms with van der Waals surface area (Å²) in [6, 6.07) is 19.3. The van der Waals surface area contributed by atoms with Crippen LogP contribution in [0.1, 0.15) is 0 Å². The van der Waals surface area contributed by atoms with E-state index in [4.69, 9.17) is 25.6 Å². The number of benzene rings is 3. The van der Waals surface area contributed by atoms with E-state index in [1.165, 1.54) is 4.68 Å². The molecule has 33 heavy (non-hydrogen) atoms. The molecule has 2 heterocycles. The van der Waals surface area contributed by atoms with Crippen LogP contribution in [0, 0.1) is 0 Å². The Morgan fingerprint density at radius 1 is 0.939 bits per heavy atom. The predicted octanol–water partition coefficient (Wildman–Crippen LogP) is 4.77. The van der Waals surface area contributed by atoms with Crippen LogP contribution in [0.5, 0.6) is 11.5 Å². The highest BCUT2D eigenvalue weighted by molar-refractivity contribution is 6.30. The predicted molar refractivity (Wildman–Crippen MR) is 124 cm³/mol. The van der Waals surface area contributed by atoms with Crippen molar-refractivity contribution in [2.45, 2.75) is 0 Å². The zero-order chi connectivity index (χ0) is 22.9. The van der Waals surface area contributed by atoms with Crippen LogP contribution in [0.3, 0.4) is 0 Å². The van der Waals surface area contributed by atoms with E-state index in [2.05, 4.69) is 15.2 Å². The van der Waals surface area contributed by atoms with Crippen molar-refractivity contribution in [3.8, 4) is 40.2 Å². The molecule has 0 saturated heterocycles. The van der Waals surface area contributed by atoms with E-state index in [-0.39, 0.29) is 11.4 Å². The van der Waals surface area contributed by atoms with Gasteiger partial charge in [-0.2, -0.15) is 14.8 Å². The highest BCUT2D eigenvalue weighted by Gasteiger charge is 2.20. The largest absolute Gasteiger partial charge is 0.497 e. The SMILES string of the molecule is COc1ccc(-c2noc(-c3nn(-c4cccc(Cl)c4)c(=O)c4ccccc34)n2)c(OC)c1. The first kappa shape index (κ1) is 20.7. The Bertz CT molecular complexity index is 1540. The van der Waals surface area contributed by atoms with Gasteiger partial charge < -0.3 is 14.0 Å². The van der Waals surface area contributed by atoms with Gasteiger partial charge in [-0.3, -0.25) is 4.79 Å². The van der Waals surface area contributed by atoms with Gasteiger partial charge in [-0.15, -0.1) is 0 Å². The van der Waals surface area contributed by atoms with E-state index in [0.717, 1.165) is 0 Å². The molecule has 2 aromatic heterocycles. The van der Waals surface area contributed by atoms with Crippen molar-refractivity contribution in [2.24, 2.45) is 0 Å². The fourth-order valence-corrected chi connectivity index (χ4v) is 3.73. The third-order valence-electron chi connectivity index (χ3n) is 5.14. The Hall–Kier alpha value is -4.17. The molecule has 0 amide bonds. The van der Waals surface area contributed by atoms with Crippen molar-refractivity contribution < 1.29 is 14.0 Å². The molecule has 0 aliphatic carbocycles. The number of fused-ring (bicyclic) bond motifs is 1. The number of halogens is 1. The molecule has 5 aromatic rings. The van der Waals surface area contributed by atoms with Gasteiger partial charge >= 0.3 is 0 Å². The lowest BCUT2D eigenvalue weighted by atomic mass is 10.1. The minimum atomic E-state index is -0.284. The summed E-state index contributed by atoms with van der Waals surface area (Å²) in [6.07, 6.45) is 0. The molecule has 0 aliphatic heterocycles. The van der Waals surface area contributed by atoms with Gasteiger partial charge in [0.2, 0.25) is 5.82 Å². The standard InChI is InChI=1S/C24H17ClN4O4/c1-31-16-10-11-19(20(13-16)32-2)22-26-23(33-28-22)21-17-8-3-4-9-18(17)24(30)29(27-21)15-7-5-6-14(25)12-15/h3-13H,1-2H3. The van der Waals surface area contributed by atoms with E-state index in [1.54, 1.807) is 74.9 Å². The Balaban J connectivity index is 1.70. The Morgan fingerprint density at radius 2 is 1.76 bits per heavy atom. The molecular weight excluding hydrogens is 444 g/mol. The molecular formula is C24H17ClN4O4. The summed E-state index contributed by atoms with van der Waals surface area (Å²) in [5.41, 5.74) is 1.24. The van der Waals surface area contributed by atoms with Crippen LogP contribution >= 0.6 is 11.6 Å². The number of aromatic nitrogens is 4. The summed E-state index contributed by atoms with van der Waals surface area (Å²) in [5, 5.41) is 10.2. The lowest BCUT2D eigenvalue weighted by Gasteiger charge is -2.09. The Kier molecular flexibility index (Phi) is 5.27. The number of hydrogen-bond acceptors (Lipinski definition) is 7. The van der Waals surface area contributed by atoms with Crippen molar-refractivity contribution in [1.29, 1.82) is 0 Å². The van der Waals surface area contributed by atoms with Crippen molar-refractivity contribution in [1.82, 2.24) is 19.9 Å². The molecule has 0 aliphatic rings. The molecule has 9 heteroatoms. The van der Waals surface area contributed by atoms with E-state index >= 15 is 0 Å². The van der Waals surface area contributed by atoms with E-state index in [9.17, 15) is 4.79 Å². The summed E-state index contributed by atoms with van der Waals surface area (Å²) < 4.78 is 17.6. The maximum absolute atomic E-state index is 13.2. The normalized spacial score (nSPS) is 11.0. The van der Waals surface area contributed by atoms with Gasteiger partial charge in [-0.05, 0) is 36.4 Å². The molecule has 0 fully saturated rings. The lowest BCUT2D eigenvalue weighted by Crippen LogP contribution is -2.22. The monoisotopic (exact) mass is 460 g/mol. The van der Waals surface area contributed by atoms with Crippen LogP contribution < -0.4 is 15.0 Å². The zero-order valence-corrected chi connectivity index (χ0v) is 18.4. The first-order chi connectivity index (χ1) is 16.1. The van der Waals surface area contributed by atoms with Crippen LogP contribution in [-0.4, -0.2) is 34.1 Å². The summed E-state index contributed by atoms with van der Waals surface area (Å²) in [4.78, 5) is 17.7. The van der Waals surface area contributed by atoms with Crippen LogP contribution in [0.25, 0.3) is 39.4 Å². The van der Waals surface area contributed by atoms with Gasteiger partial charge in [0, 0.05) is 16.5 Å². The molecule has 0 radical (unpaired) electrons. The van der Waals surface area contributed by atoms with E-state index in [0.29, 0.717) is 50.1 Å². The topological polar surface area (TPSA) is 92.3 Å². The van der Waals surface area contributed by atoms with Gasteiger partial charge in [0.1, 0.15) is 11.5 Å². The zero-order valence-electron chi connectivity index (χ0n) is 17.7. The number of nitrogens with zero attached hydrogens (tertiary/aromatic N) is 4. The van der Waals surface area contributed by atoms with Crippen molar-refractivity contribution in [3.63, 3.8) is 0 Å². The van der Waals surface area contributed by atoms with Gasteiger partial charge in [-0.25, -0.2) is 0 Å². The number of ether oxygens (including phenoxy) is 2. The van der Waals surface area contributed by atoms with Crippen LogP contribution in [0.15, 0.2) is 76.0 Å². The quantitative estimate of drug-likeness (QED) is 0.373. The van der Waals surface area contributed by atoms with Gasteiger partial charge in [-0.1, -0.05) is 41.0 Å². The van der Waals surface area contributed by atoms with Crippen molar-refractivity contribution >= 4 is 22.4 Å². The number of methoxy groups -OCH3 is 2. The minimum absolute atomic E-state index is 0.162. The Labute approximate surface area is 193 Å². The summed E-state index contributed by atoms with van der Waals surface area (Å²) in [6.45, 7) is 0. The third-order valence-corrected chi connectivity index (χ3v) is 5.37. The van der Waals surface area contributed by atoms with Crippen LogP contribution in [0.2, 0.25) is 5.02 Å². The molecule has 0 saturated carbocycles. The van der Waals surface area contributed by atoms with Crippen LogP contribution in [0.4, 0.5) is 0 Å². The molecule has 0 unspecified atom stereocenters. The smallest absolute Gasteiger partial charge is 0.279 e. The molecule has 0 N–H and O–H groups in total. The third kappa shape index (κ3) is 3.70. The van der Waals surface area contributed by atoms with E-state index in [1.807, 2.05) is 6.07 Å². The molecule has 0 bridgehead atoms. The molecule has 0 atom stereocenters. The average Bonchev–Trinajstić information content (AvgIpc) is 3.34. The minimum Gasteiger partial charge on any atom is -0.497 e. The van der Waals surface area contributed by atoms with Crippen molar-refractivity contribution in [2.75, 3.05) is 14.2 Å². The second kappa shape index (κ2) is 8.40. The second-order valence-electron chi connectivity index (χ2n) is 7.08. The van der Waals surface area contributed by atoms with Gasteiger partial charge in [0.05, 0.1) is 30.9 Å². The van der Waals surface area contributed by atoms with Gasteiger partial charge in [0.15, 0.2) is 5.69 Å². The lowest BCUT2D eigenvalue weighted by molar-refractivity contribution is 0.394. The van der Waals surface area contributed by atoms with Crippen LogP contribution in [-0.2, 0) is 0 Å². The molecule has 0 spiro atoms. The van der Waals surface area contributed by atoms with E-state index < -0.39 is 0 Å². The maximum Gasteiger partial charge on any atom is 0.279 e. The first-order valence-electron chi connectivity index (χ1n) is 9.93. The molecule has 3 aromatic carbocycles. The Morgan fingerprint density at radius 3 is 2.52 bits per heavy atom. The second-order valence-corrected chi connectivity index (χ2v) is 7.52. The number of hydrogen-bond donors (Lipinski definition) is 0. The van der Waals surface area contributed by atoms with Gasteiger partial charge in [0.25, 0.3) is 11.4 Å². The first-order valence-corrected chi connectivity index (χ1v) is 10.3.